The van der Waals surface area contributed by atoms with Crippen molar-refractivity contribution in [2.24, 2.45) is 0 Å². The summed E-state index contributed by atoms with van der Waals surface area (Å²) >= 11 is 0. The van der Waals surface area contributed by atoms with Gasteiger partial charge in [0.2, 0.25) is 0 Å². The van der Waals surface area contributed by atoms with Crippen molar-refractivity contribution in [1.82, 2.24) is 0 Å². The van der Waals surface area contributed by atoms with Crippen LogP contribution in [0.1, 0.15) is 252 Å². The molecule has 0 aromatic heterocycles. The van der Waals surface area contributed by atoms with Crippen molar-refractivity contribution < 1.29 is 28.6 Å². The minimum Gasteiger partial charge on any atom is -0.462 e. The molecular formula is C51H92O6. The van der Waals surface area contributed by atoms with Crippen molar-refractivity contribution in [2.75, 3.05) is 13.2 Å². The van der Waals surface area contributed by atoms with Crippen molar-refractivity contribution in [3.63, 3.8) is 0 Å². The minimum absolute atomic E-state index is 0.0714. The minimum atomic E-state index is -0.764. The fourth-order valence-electron chi connectivity index (χ4n) is 6.92. The number of unbranched alkanes of at least 4 members (excludes halogenated alkanes) is 27. The Kier molecular flexibility index (Phi) is 44.4. The van der Waals surface area contributed by atoms with Gasteiger partial charge in [-0.15, -0.1) is 0 Å². The largest absolute Gasteiger partial charge is 0.462 e. The zero-order chi connectivity index (χ0) is 41.5. The Hall–Kier alpha value is -2.37. The average Bonchev–Trinajstić information content (AvgIpc) is 3.21. The molecule has 0 aliphatic heterocycles. The summed E-state index contributed by atoms with van der Waals surface area (Å²) in [6, 6.07) is 0. The predicted molar refractivity (Wildman–Crippen MR) is 242 cm³/mol. The molecule has 6 heteroatoms. The molecule has 0 radical (unpaired) electrons. The summed E-state index contributed by atoms with van der Waals surface area (Å²) in [5.74, 6) is -0.885. The quantitative estimate of drug-likeness (QED) is 0.0264. The Morgan fingerprint density at radius 3 is 0.982 bits per heavy atom. The van der Waals surface area contributed by atoms with Gasteiger partial charge in [-0.1, -0.05) is 211 Å². The van der Waals surface area contributed by atoms with E-state index in [-0.39, 0.29) is 31.1 Å². The molecule has 0 amide bonds. The maximum atomic E-state index is 12.6. The fraction of sp³-hybridized carbons (Fsp3) is 0.824. The van der Waals surface area contributed by atoms with E-state index in [2.05, 4.69) is 57.2 Å². The number of hydrogen-bond acceptors (Lipinski definition) is 6. The Balaban J connectivity index is 4.03. The maximum absolute atomic E-state index is 12.6. The van der Waals surface area contributed by atoms with Crippen LogP contribution in [0.2, 0.25) is 0 Å². The summed E-state index contributed by atoms with van der Waals surface area (Å²) in [4.78, 5) is 37.5. The molecule has 57 heavy (non-hydrogen) atoms. The van der Waals surface area contributed by atoms with E-state index in [0.717, 1.165) is 70.6 Å². The van der Waals surface area contributed by atoms with Gasteiger partial charge in [0.05, 0.1) is 0 Å². The summed E-state index contributed by atoms with van der Waals surface area (Å²) in [6.07, 6.45) is 53.1. The summed E-state index contributed by atoms with van der Waals surface area (Å²) < 4.78 is 16.6. The Labute approximate surface area is 353 Å². The van der Waals surface area contributed by atoms with Crippen LogP contribution >= 0.6 is 0 Å². The van der Waals surface area contributed by atoms with Crippen LogP contribution in [-0.4, -0.2) is 37.2 Å². The molecule has 6 nitrogen and oxygen atoms in total. The second kappa shape index (κ2) is 46.3. The van der Waals surface area contributed by atoms with Gasteiger partial charge in [-0.3, -0.25) is 14.4 Å². The van der Waals surface area contributed by atoms with E-state index in [0.29, 0.717) is 19.3 Å². The Morgan fingerprint density at radius 2 is 0.632 bits per heavy atom. The van der Waals surface area contributed by atoms with Gasteiger partial charge in [-0.05, 0) is 57.8 Å². The highest BCUT2D eigenvalue weighted by Gasteiger charge is 2.19. The molecule has 0 saturated carbocycles. The Bertz CT molecular complexity index is 969. The van der Waals surface area contributed by atoms with Crippen LogP contribution in [0.3, 0.4) is 0 Å². The first-order chi connectivity index (χ1) is 28.0. The van der Waals surface area contributed by atoms with E-state index in [1.165, 1.54) is 141 Å². The van der Waals surface area contributed by atoms with E-state index < -0.39 is 6.10 Å². The van der Waals surface area contributed by atoms with Crippen molar-refractivity contribution in [3.05, 3.63) is 36.5 Å². The van der Waals surface area contributed by atoms with Gasteiger partial charge in [0, 0.05) is 19.3 Å². The zero-order valence-corrected chi connectivity index (χ0v) is 37.9. The fourth-order valence-corrected chi connectivity index (χ4v) is 6.92. The molecular weight excluding hydrogens is 709 g/mol. The SMILES string of the molecule is CCCCCCC/C=C\C/C=C\C/C=C\CCCCCCCCCCCCC(=O)OCC(COC(=O)CCCCCCCCC)OC(=O)CCCCCCCCC. The van der Waals surface area contributed by atoms with Gasteiger partial charge >= 0.3 is 17.9 Å². The summed E-state index contributed by atoms with van der Waals surface area (Å²) in [5.41, 5.74) is 0. The van der Waals surface area contributed by atoms with Crippen molar-refractivity contribution >= 4 is 17.9 Å². The predicted octanol–water partition coefficient (Wildman–Crippen LogP) is 15.8. The maximum Gasteiger partial charge on any atom is 0.306 e. The van der Waals surface area contributed by atoms with E-state index in [1.54, 1.807) is 0 Å². The number of carbonyl (C=O) groups excluding carboxylic acids is 3. The first-order valence-electron chi connectivity index (χ1n) is 24.5. The van der Waals surface area contributed by atoms with Crippen LogP contribution in [0.4, 0.5) is 0 Å². The summed E-state index contributed by atoms with van der Waals surface area (Å²) in [7, 11) is 0. The highest BCUT2D eigenvalue weighted by Crippen LogP contribution is 2.14. The number of allylic oxidation sites excluding steroid dienone is 6. The molecule has 0 saturated heterocycles. The number of rotatable bonds is 44. The van der Waals surface area contributed by atoms with Crippen LogP contribution in [0.5, 0.6) is 0 Å². The molecule has 332 valence electrons. The lowest BCUT2D eigenvalue weighted by molar-refractivity contribution is -0.167. The number of carbonyl (C=O) groups is 3. The van der Waals surface area contributed by atoms with Crippen LogP contribution in [0, 0.1) is 0 Å². The molecule has 0 aromatic carbocycles. The first-order valence-corrected chi connectivity index (χ1v) is 24.5. The van der Waals surface area contributed by atoms with Crippen LogP contribution in [-0.2, 0) is 28.6 Å². The lowest BCUT2D eigenvalue weighted by atomic mass is 10.1. The molecule has 0 bridgehead atoms. The zero-order valence-electron chi connectivity index (χ0n) is 37.9. The van der Waals surface area contributed by atoms with Gasteiger partial charge in [-0.25, -0.2) is 0 Å². The third kappa shape index (κ3) is 44.6. The number of ether oxygens (including phenoxy) is 3. The van der Waals surface area contributed by atoms with Crippen LogP contribution in [0.25, 0.3) is 0 Å². The van der Waals surface area contributed by atoms with E-state index in [9.17, 15) is 14.4 Å². The lowest BCUT2D eigenvalue weighted by Gasteiger charge is -2.18. The van der Waals surface area contributed by atoms with Crippen molar-refractivity contribution in [3.8, 4) is 0 Å². The second-order valence-electron chi connectivity index (χ2n) is 16.4. The smallest absolute Gasteiger partial charge is 0.306 e. The number of esters is 3. The molecule has 0 aliphatic rings. The standard InChI is InChI=1S/C51H92O6/c1-4-7-10-13-16-17-18-19-20-21-22-23-24-25-26-27-28-29-30-31-32-33-36-38-41-44-50(53)56-47-48(57-51(54)45-42-39-35-15-12-9-6-3)46-55-49(52)43-40-37-34-14-11-8-5-2/h18-19,21-22,24-25,48H,4-17,20,23,26-47H2,1-3H3/b19-18-,22-21-,25-24-. The molecule has 0 spiro atoms. The van der Waals surface area contributed by atoms with Crippen molar-refractivity contribution in [2.45, 2.75) is 258 Å². The molecule has 0 N–H and O–H groups in total. The molecule has 0 aliphatic carbocycles. The first kappa shape index (κ1) is 54.6. The normalized spacial score (nSPS) is 12.3. The van der Waals surface area contributed by atoms with E-state index >= 15 is 0 Å². The monoisotopic (exact) mass is 801 g/mol. The topological polar surface area (TPSA) is 78.9 Å². The van der Waals surface area contributed by atoms with Gasteiger partial charge in [-0.2, -0.15) is 0 Å². The van der Waals surface area contributed by atoms with Crippen molar-refractivity contribution in [1.29, 1.82) is 0 Å². The molecule has 0 aromatic rings. The Morgan fingerprint density at radius 1 is 0.351 bits per heavy atom. The van der Waals surface area contributed by atoms with Gasteiger partial charge in [0.15, 0.2) is 6.10 Å². The summed E-state index contributed by atoms with van der Waals surface area (Å²) in [5, 5.41) is 0. The van der Waals surface area contributed by atoms with Gasteiger partial charge < -0.3 is 14.2 Å². The van der Waals surface area contributed by atoms with E-state index in [1.807, 2.05) is 0 Å². The second-order valence-corrected chi connectivity index (χ2v) is 16.4. The highest BCUT2D eigenvalue weighted by atomic mass is 16.6. The molecule has 0 fully saturated rings. The van der Waals surface area contributed by atoms with Gasteiger partial charge in [0.1, 0.15) is 13.2 Å². The molecule has 1 unspecified atom stereocenters. The average molecular weight is 801 g/mol. The third-order valence-corrected chi connectivity index (χ3v) is 10.6. The van der Waals surface area contributed by atoms with Crippen LogP contribution in [0.15, 0.2) is 36.5 Å². The number of hydrogen-bond donors (Lipinski definition) is 0. The highest BCUT2D eigenvalue weighted by molar-refractivity contribution is 5.71. The molecule has 1 atom stereocenters. The third-order valence-electron chi connectivity index (χ3n) is 10.6. The molecule has 0 rings (SSSR count). The van der Waals surface area contributed by atoms with E-state index in [4.69, 9.17) is 14.2 Å². The molecule has 0 heterocycles. The summed E-state index contributed by atoms with van der Waals surface area (Å²) in [6.45, 7) is 6.54. The van der Waals surface area contributed by atoms with Crippen LogP contribution < -0.4 is 0 Å². The lowest BCUT2D eigenvalue weighted by Crippen LogP contribution is -2.30. The van der Waals surface area contributed by atoms with Gasteiger partial charge in [0.25, 0.3) is 0 Å².